The number of rotatable bonds is 5. The second-order valence-corrected chi connectivity index (χ2v) is 8.13. The molecule has 0 radical (unpaired) electrons. The summed E-state index contributed by atoms with van der Waals surface area (Å²) in [6, 6.07) is 5.50. The molecule has 2 aromatic carbocycles. The molecule has 5 nitrogen and oxygen atoms in total. The van der Waals surface area contributed by atoms with Crippen LogP contribution in [0.4, 0.5) is 36.8 Å². The largest absolute Gasteiger partial charge is 0.496 e. The van der Waals surface area contributed by atoms with Gasteiger partial charge in [-0.15, -0.1) is 0 Å². The molecule has 1 aromatic heterocycles. The zero-order chi connectivity index (χ0) is 26.8. The summed E-state index contributed by atoms with van der Waals surface area (Å²) in [5, 5.41) is 2.45. The fraction of sp³-hybridized carbons (Fsp3) is 0.280. The minimum absolute atomic E-state index is 0.0580. The first kappa shape index (κ1) is 26.8. The highest BCUT2D eigenvalue weighted by molar-refractivity contribution is 5.86. The minimum atomic E-state index is -4.98. The third kappa shape index (κ3) is 6.27. The van der Waals surface area contributed by atoms with Crippen molar-refractivity contribution in [1.82, 2.24) is 4.98 Å². The minimum Gasteiger partial charge on any atom is -0.496 e. The third-order valence-electron chi connectivity index (χ3n) is 5.33. The molecule has 0 aliphatic rings. The van der Waals surface area contributed by atoms with Crippen molar-refractivity contribution in [3.8, 4) is 16.9 Å². The van der Waals surface area contributed by atoms with Gasteiger partial charge in [0, 0.05) is 23.0 Å². The number of methoxy groups -OCH3 is 1. The smallest absolute Gasteiger partial charge is 0.416 e. The van der Waals surface area contributed by atoms with E-state index in [0.29, 0.717) is 34.7 Å². The number of carbonyl (C=O) groups excluding carboxylic acids is 1. The molecule has 1 amide bonds. The van der Waals surface area contributed by atoms with E-state index in [0.717, 1.165) is 5.56 Å². The van der Waals surface area contributed by atoms with Crippen LogP contribution in [0.5, 0.6) is 5.75 Å². The predicted octanol–water partition coefficient (Wildman–Crippen LogP) is 7.47. The third-order valence-corrected chi connectivity index (χ3v) is 5.33. The summed E-state index contributed by atoms with van der Waals surface area (Å²) in [4.78, 5) is 16.6. The molecule has 3 aromatic rings. The lowest BCUT2D eigenvalue weighted by molar-refractivity contribution is -0.143. The molecule has 0 atom stereocenters. The van der Waals surface area contributed by atoms with Crippen molar-refractivity contribution in [2.24, 2.45) is 0 Å². The summed E-state index contributed by atoms with van der Waals surface area (Å²) < 4.78 is 90.0. The molecule has 11 heteroatoms. The van der Waals surface area contributed by atoms with Crippen molar-refractivity contribution in [2.75, 3.05) is 12.4 Å². The maximum Gasteiger partial charge on any atom is 0.416 e. The number of anilines is 1. The molecule has 1 N–H and O–H groups in total. The number of nitrogens with one attached hydrogen (secondary N) is 1. The number of amides is 1. The highest BCUT2D eigenvalue weighted by Crippen LogP contribution is 2.39. The Balaban J connectivity index is 1.86. The number of carbonyl (C=O) groups is 1. The van der Waals surface area contributed by atoms with Crippen LogP contribution in [0.3, 0.4) is 0 Å². The van der Waals surface area contributed by atoms with E-state index in [1.165, 1.54) is 25.3 Å². The van der Waals surface area contributed by atoms with Crippen LogP contribution in [0, 0.1) is 20.8 Å². The Hall–Kier alpha value is -3.76. The van der Waals surface area contributed by atoms with Gasteiger partial charge in [-0.2, -0.15) is 26.3 Å². The second kappa shape index (κ2) is 10.1. The highest BCUT2D eigenvalue weighted by Gasteiger charge is 2.37. The fourth-order valence-electron chi connectivity index (χ4n) is 3.65. The van der Waals surface area contributed by atoms with E-state index in [4.69, 9.17) is 9.47 Å². The Morgan fingerprint density at radius 3 is 2.03 bits per heavy atom. The monoisotopic (exact) mass is 512 g/mol. The second-order valence-electron chi connectivity index (χ2n) is 8.13. The topological polar surface area (TPSA) is 60.5 Å². The van der Waals surface area contributed by atoms with E-state index in [9.17, 15) is 31.1 Å². The SMILES string of the molecule is COc1c(C)cnc(COC(=O)Nc2cc(C)cc(-c3cc(C(F)(F)F)cc(C(F)(F)F)c3)c2)c1C. The molecular weight excluding hydrogens is 490 g/mol. The molecule has 192 valence electrons. The van der Waals surface area contributed by atoms with Crippen LogP contribution in [0.2, 0.25) is 0 Å². The number of nitrogens with zero attached hydrogens (tertiary/aromatic N) is 1. The van der Waals surface area contributed by atoms with E-state index in [1.807, 2.05) is 6.92 Å². The van der Waals surface area contributed by atoms with Crippen LogP contribution in [-0.2, 0) is 23.7 Å². The Bertz CT molecular complexity index is 1250. The zero-order valence-electron chi connectivity index (χ0n) is 19.7. The van der Waals surface area contributed by atoms with Crippen molar-refractivity contribution in [2.45, 2.75) is 39.7 Å². The maximum atomic E-state index is 13.3. The number of ether oxygens (including phenoxy) is 2. The van der Waals surface area contributed by atoms with Crippen molar-refractivity contribution < 1.29 is 40.6 Å². The first-order chi connectivity index (χ1) is 16.7. The Labute approximate surface area is 203 Å². The zero-order valence-corrected chi connectivity index (χ0v) is 19.7. The summed E-state index contributed by atoms with van der Waals surface area (Å²) in [5.41, 5.74) is -0.528. The molecule has 36 heavy (non-hydrogen) atoms. The molecule has 0 unspecified atom stereocenters. The fourth-order valence-corrected chi connectivity index (χ4v) is 3.65. The van der Waals surface area contributed by atoms with Crippen molar-refractivity contribution in [3.63, 3.8) is 0 Å². The van der Waals surface area contributed by atoms with Gasteiger partial charge in [0.05, 0.1) is 23.9 Å². The van der Waals surface area contributed by atoms with E-state index in [1.54, 1.807) is 20.0 Å². The Kier molecular flexibility index (Phi) is 7.51. The summed E-state index contributed by atoms with van der Waals surface area (Å²) in [7, 11) is 1.50. The Morgan fingerprint density at radius 1 is 0.889 bits per heavy atom. The standard InChI is InChI=1S/C25H22F6N2O3/c1-13-5-16(17-7-18(24(26,27)28)10-19(8-17)25(29,30)31)9-20(6-13)33-23(34)36-12-21-15(3)22(35-4)14(2)11-32-21/h5-11H,12H2,1-4H3,(H,33,34). The van der Waals surface area contributed by atoms with Crippen molar-refractivity contribution >= 4 is 11.8 Å². The summed E-state index contributed by atoms with van der Waals surface area (Å²) in [6.07, 6.45) is -9.27. The molecule has 0 aliphatic carbocycles. The molecule has 0 saturated carbocycles. The number of aromatic nitrogens is 1. The van der Waals surface area contributed by atoms with Gasteiger partial charge in [0.1, 0.15) is 12.4 Å². The number of alkyl halides is 6. The van der Waals surface area contributed by atoms with Crippen LogP contribution in [0.15, 0.2) is 42.6 Å². The predicted molar refractivity (Wildman–Crippen MR) is 121 cm³/mol. The quantitative estimate of drug-likeness (QED) is 0.361. The maximum absolute atomic E-state index is 13.3. The Morgan fingerprint density at radius 2 is 1.47 bits per heavy atom. The van der Waals surface area contributed by atoms with Crippen LogP contribution in [0.25, 0.3) is 11.1 Å². The van der Waals surface area contributed by atoms with Gasteiger partial charge < -0.3 is 9.47 Å². The lowest BCUT2D eigenvalue weighted by Gasteiger charge is -2.16. The number of pyridine rings is 1. The van der Waals surface area contributed by atoms with Gasteiger partial charge in [-0.25, -0.2) is 4.79 Å². The van der Waals surface area contributed by atoms with Crippen molar-refractivity contribution in [1.29, 1.82) is 0 Å². The summed E-state index contributed by atoms with van der Waals surface area (Å²) >= 11 is 0. The number of aryl methyl sites for hydroxylation is 2. The molecule has 0 fully saturated rings. The van der Waals surface area contributed by atoms with Gasteiger partial charge in [0.2, 0.25) is 0 Å². The first-order valence-electron chi connectivity index (χ1n) is 10.5. The molecule has 0 saturated heterocycles. The average molecular weight is 512 g/mol. The normalized spacial score (nSPS) is 11.8. The molecule has 3 rings (SSSR count). The lowest BCUT2D eigenvalue weighted by atomic mass is 9.97. The molecule has 0 aliphatic heterocycles. The van der Waals surface area contributed by atoms with E-state index >= 15 is 0 Å². The number of halogens is 6. The first-order valence-corrected chi connectivity index (χ1v) is 10.5. The van der Waals surface area contributed by atoms with Crippen LogP contribution < -0.4 is 10.1 Å². The molecule has 1 heterocycles. The lowest BCUT2D eigenvalue weighted by Crippen LogP contribution is -2.15. The average Bonchev–Trinajstić information content (AvgIpc) is 2.77. The van der Waals surface area contributed by atoms with Gasteiger partial charge in [-0.1, -0.05) is 6.07 Å². The number of hydrogen-bond acceptors (Lipinski definition) is 4. The molecular formula is C25H22F6N2O3. The van der Waals surface area contributed by atoms with Gasteiger partial charge in [0.25, 0.3) is 0 Å². The summed E-state index contributed by atoms with van der Waals surface area (Å²) in [6.45, 7) is 4.97. The van der Waals surface area contributed by atoms with Gasteiger partial charge in [-0.3, -0.25) is 10.3 Å². The number of benzene rings is 2. The van der Waals surface area contributed by atoms with Crippen LogP contribution >= 0.6 is 0 Å². The van der Waals surface area contributed by atoms with Crippen molar-refractivity contribution in [3.05, 3.63) is 76.1 Å². The van der Waals surface area contributed by atoms with Crippen LogP contribution in [0.1, 0.15) is 33.5 Å². The van der Waals surface area contributed by atoms with Gasteiger partial charge >= 0.3 is 18.4 Å². The highest BCUT2D eigenvalue weighted by atomic mass is 19.4. The van der Waals surface area contributed by atoms with E-state index in [-0.39, 0.29) is 29.5 Å². The van der Waals surface area contributed by atoms with E-state index in [2.05, 4.69) is 10.3 Å². The van der Waals surface area contributed by atoms with E-state index < -0.39 is 29.6 Å². The molecule has 0 bridgehead atoms. The van der Waals surface area contributed by atoms with Crippen LogP contribution in [-0.4, -0.2) is 18.2 Å². The number of hydrogen-bond donors (Lipinski definition) is 1. The summed E-state index contributed by atoms with van der Waals surface area (Å²) in [5.74, 6) is 0.603. The van der Waals surface area contributed by atoms with Gasteiger partial charge in [-0.05, 0) is 67.8 Å². The van der Waals surface area contributed by atoms with Gasteiger partial charge in [0.15, 0.2) is 0 Å². The molecule has 0 spiro atoms.